The molecule has 1 N–H and O–H groups in total. The molecule has 146 valence electrons. The minimum atomic E-state index is -3.82. The maximum absolute atomic E-state index is 12.8. The van der Waals surface area contributed by atoms with E-state index in [4.69, 9.17) is 4.74 Å². The summed E-state index contributed by atoms with van der Waals surface area (Å²) in [5.74, 6) is 0.573. The van der Waals surface area contributed by atoms with Gasteiger partial charge in [-0.05, 0) is 61.2 Å². The molecule has 0 unspecified atom stereocenters. The van der Waals surface area contributed by atoms with Crippen LogP contribution in [0.2, 0.25) is 0 Å². The number of rotatable bonds is 5. The summed E-state index contributed by atoms with van der Waals surface area (Å²) in [5, 5.41) is 0. The lowest BCUT2D eigenvalue weighted by molar-refractivity contribution is 0.414. The van der Waals surface area contributed by atoms with Gasteiger partial charge in [-0.1, -0.05) is 6.07 Å². The van der Waals surface area contributed by atoms with Gasteiger partial charge >= 0.3 is 0 Å². The van der Waals surface area contributed by atoms with Crippen LogP contribution >= 0.6 is 0 Å². The van der Waals surface area contributed by atoms with Crippen molar-refractivity contribution in [3.63, 3.8) is 0 Å². The maximum Gasteiger partial charge on any atom is 0.262 e. The van der Waals surface area contributed by atoms with Crippen LogP contribution in [-0.2, 0) is 26.5 Å². The lowest BCUT2D eigenvalue weighted by Crippen LogP contribution is -2.34. The second kappa shape index (κ2) is 7.05. The molecule has 0 aliphatic carbocycles. The number of anilines is 2. The summed E-state index contributed by atoms with van der Waals surface area (Å²) in [6.07, 6.45) is 2.64. The first kappa shape index (κ1) is 19.5. The zero-order valence-electron chi connectivity index (χ0n) is 15.4. The molecule has 1 aliphatic heterocycles. The molecule has 9 heteroatoms. The molecule has 0 amide bonds. The summed E-state index contributed by atoms with van der Waals surface area (Å²) in [4.78, 5) is 0.140. The molecular formula is C18H22N2O5S2. The molecule has 0 bridgehead atoms. The Bertz CT molecular complexity index is 1080. The number of nitrogens with one attached hydrogen (secondary N) is 1. The smallest absolute Gasteiger partial charge is 0.262 e. The summed E-state index contributed by atoms with van der Waals surface area (Å²) in [5.41, 5.74) is 2.28. The van der Waals surface area contributed by atoms with Gasteiger partial charge in [0.05, 0.1) is 29.6 Å². The summed E-state index contributed by atoms with van der Waals surface area (Å²) in [6.45, 7) is 2.08. The molecule has 27 heavy (non-hydrogen) atoms. The normalized spacial score (nSPS) is 14.6. The standard InChI is InChI=1S/C18H22N2O5S2/c1-13-11-16(25-2)8-9-18(13)27(23,24)19-15-7-6-14-5-4-10-20(17(14)12-15)26(3,21)22/h6-9,11-12,19H,4-5,10H2,1-3H3. The van der Waals surface area contributed by atoms with Crippen LogP contribution in [0.3, 0.4) is 0 Å². The fourth-order valence-electron chi connectivity index (χ4n) is 3.21. The van der Waals surface area contributed by atoms with Gasteiger partial charge in [0.1, 0.15) is 5.75 Å². The van der Waals surface area contributed by atoms with Crippen LogP contribution in [0.4, 0.5) is 11.4 Å². The van der Waals surface area contributed by atoms with Crippen molar-refractivity contribution in [2.45, 2.75) is 24.7 Å². The first-order chi connectivity index (χ1) is 12.6. The molecule has 0 radical (unpaired) electrons. The van der Waals surface area contributed by atoms with Crippen LogP contribution in [0, 0.1) is 6.92 Å². The van der Waals surface area contributed by atoms with E-state index in [0.717, 1.165) is 24.7 Å². The number of aryl methyl sites for hydroxylation is 2. The average molecular weight is 411 g/mol. The van der Waals surface area contributed by atoms with Crippen molar-refractivity contribution in [1.82, 2.24) is 0 Å². The third-order valence-electron chi connectivity index (χ3n) is 4.49. The third-order valence-corrected chi connectivity index (χ3v) is 7.21. The van der Waals surface area contributed by atoms with E-state index in [-0.39, 0.29) is 4.90 Å². The van der Waals surface area contributed by atoms with Crippen molar-refractivity contribution in [3.05, 3.63) is 47.5 Å². The topological polar surface area (TPSA) is 92.8 Å². The zero-order valence-corrected chi connectivity index (χ0v) is 17.0. The Morgan fingerprint density at radius 2 is 1.81 bits per heavy atom. The summed E-state index contributed by atoms with van der Waals surface area (Å²) >= 11 is 0. The molecule has 0 saturated heterocycles. The van der Waals surface area contributed by atoms with Gasteiger partial charge in [0, 0.05) is 6.54 Å². The number of hydrogen-bond acceptors (Lipinski definition) is 5. The highest BCUT2D eigenvalue weighted by Crippen LogP contribution is 2.32. The predicted octanol–water partition coefficient (Wildman–Crippen LogP) is 2.52. The van der Waals surface area contributed by atoms with E-state index in [9.17, 15) is 16.8 Å². The Kier molecular flexibility index (Phi) is 5.09. The third kappa shape index (κ3) is 4.03. The van der Waals surface area contributed by atoms with Crippen molar-refractivity contribution < 1.29 is 21.6 Å². The van der Waals surface area contributed by atoms with Crippen molar-refractivity contribution in [2.24, 2.45) is 0 Å². The number of benzene rings is 2. The molecule has 2 aromatic rings. The predicted molar refractivity (Wildman–Crippen MR) is 105 cm³/mol. The van der Waals surface area contributed by atoms with Gasteiger partial charge < -0.3 is 4.74 Å². The fraction of sp³-hybridized carbons (Fsp3) is 0.333. The van der Waals surface area contributed by atoms with Gasteiger partial charge in [0.2, 0.25) is 10.0 Å². The number of hydrogen-bond donors (Lipinski definition) is 1. The van der Waals surface area contributed by atoms with Crippen LogP contribution < -0.4 is 13.8 Å². The van der Waals surface area contributed by atoms with Gasteiger partial charge in [0.15, 0.2) is 0 Å². The van der Waals surface area contributed by atoms with E-state index in [2.05, 4.69) is 4.72 Å². The summed E-state index contributed by atoms with van der Waals surface area (Å²) in [6, 6.07) is 9.71. The SMILES string of the molecule is COc1ccc(S(=O)(=O)Nc2ccc3c(c2)N(S(C)(=O)=O)CCC3)c(C)c1. The first-order valence-electron chi connectivity index (χ1n) is 8.40. The lowest BCUT2D eigenvalue weighted by Gasteiger charge is -2.29. The molecular weight excluding hydrogens is 388 g/mol. The monoisotopic (exact) mass is 410 g/mol. The largest absolute Gasteiger partial charge is 0.497 e. The maximum atomic E-state index is 12.8. The number of sulfonamides is 2. The van der Waals surface area contributed by atoms with E-state index >= 15 is 0 Å². The number of ether oxygens (including phenoxy) is 1. The number of methoxy groups -OCH3 is 1. The summed E-state index contributed by atoms with van der Waals surface area (Å²) in [7, 11) is -5.73. The highest BCUT2D eigenvalue weighted by atomic mass is 32.2. The van der Waals surface area contributed by atoms with Crippen molar-refractivity contribution >= 4 is 31.4 Å². The quantitative estimate of drug-likeness (QED) is 0.818. The molecule has 0 spiro atoms. The Balaban J connectivity index is 1.97. The molecule has 2 aromatic carbocycles. The van der Waals surface area contributed by atoms with Crippen LogP contribution in [0.1, 0.15) is 17.5 Å². The molecule has 0 aromatic heterocycles. The van der Waals surface area contributed by atoms with Gasteiger partial charge in [0.25, 0.3) is 10.0 Å². The Labute approximate surface area is 160 Å². The molecule has 3 rings (SSSR count). The molecule has 1 aliphatic rings. The molecule has 0 fully saturated rings. The minimum absolute atomic E-state index is 0.140. The average Bonchev–Trinajstić information content (AvgIpc) is 2.59. The van der Waals surface area contributed by atoms with Crippen molar-refractivity contribution in [3.8, 4) is 5.75 Å². The van der Waals surface area contributed by atoms with Gasteiger partial charge in [-0.3, -0.25) is 9.03 Å². The second-order valence-electron chi connectivity index (χ2n) is 6.52. The Morgan fingerprint density at radius 3 is 2.44 bits per heavy atom. The van der Waals surface area contributed by atoms with E-state index in [1.54, 1.807) is 37.3 Å². The van der Waals surface area contributed by atoms with E-state index in [1.807, 2.05) is 0 Å². The van der Waals surface area contributed by atoms with Gasteiger partial charge in [-0.25, -0.2) is 16.8 Å². The fourth-order valence-corrected chi connectivity index (χ4v) is 5.47. The highest BCUT2D eigenvalue weighted by Gasteiger charge is 2.25. The molecule has 0 atom stereocenters. The number of fused-ring (bicyclic) bond motifs is 1. The summed E-state index contributed by atoms with van der Waals surface area (Å²) < 4.78 is 58.6. The van der Waals surface area contributed by atoms with Crippen LogP contribution in [0.25, 0.3) is 0 Å². The van der Waals surface area contributed by atoms with Gasteiger partial charge in [-0.2, -0.15) is 0 Å². The molecule has 7 nitrogen and oxygen atoms in total. The lowest BCUT2D eigenvalue weighted by atomic mass is 10.0. The van der Waals surface area contributed by atoms with Crippen molar-refractivity contribution in [1.29, 1.82) is 0 Å². The van der Waals surface area contributed by atoms with E-state index in [0.29, 0.717) is 29.2 Å². The molecule has 1 heterocycles. The van der Waals surface area contributed by atoms with Crippen LogP contribution in [0.15, 0.2) is 41.3 Å². The molecule has 0 saturated carbocycles. The van der Waals surface area contributed by atoms with Crippen LogP contribution in [0.5, 0.6) is 5.75 Å². The second-order valence-corrected chi connectivity index (χ2v) is 10.1. The minimum Gasteiger partial charge on any atom is -0.497 e. The van der Waals surface area contributed by atoms with Gasteiger partial charge in [-0.15, -0.1) is 0 Å². The number of nitrogens with zero attached hydrogens (tertiary/aromatic N) is 1. The van der Waals surface area contributed by atoms with Crippen LogP contribution in [-0.4, -0.2) is 36.7 Å². The van der Waals surface area contributed by atoms with E-state index in [1.165, 1.54) is 17.5 Å². The first-order valence-corrected chi connectivity index (χ1v) is 11.7. The zero-order chi connectivity index (χ0) is 19.8. The Hall–Kier alpha value is -2.26. The van der Waals surface area contributed by atoms with E-state index < -0.39 is 20.0 Å². The van der Waals surface area contributed by atoms with Crippen molar-refractivity contribution in [2.75, 3.05) is 28.9 Å². The highest BCUT2D eigenvalue weighted by molar-refractivity contribution is 7.93. The Morgan fingerprint density at radius 1 is 1.07 bits per heavy atom.